The molecule has 1 aromatic carbocycles. The Bertz CT molecular complexity index is 680. The van der Waals surface area contributed by atoms with E-state index in [4.69, 9.17) is 4.74 Å². The summed E-state index contributed by atoms with van der Waals surface area (Å²) in [6, 6.07) is 7.27. The molecule has 0 saturated heterocycles. The molecule has 1 heterocycles. The number of pyridine rings is 1. The first-order chi connectivity index (χ1) is 11.0. The van der Waals surface area contributed by atoms with Gasteiger partial charge in [0.1, 0.15) is 5.75 Å². The van der Waals surface area contributed by atoms with Gasteiger partial charge in [0.15, 0.2) is 5.75 Å². The quantitative estimate of drug-likeness (QED) is 0.621. The van der Waals surface area contributed by atoms with Crippen molar-refractivity contribution >= 4 is 11.4 Å². The summed E-state index contributed by atoms with van der Waals surface area (Å²) in [7, 11) is 1.34. The largest absolute Gasteiger partial charge is 0.490 e. The Balaban J connectivity index is 2.01. The maximum atomic E-state index is 12.0. The van der Waals surface area contributed by atoms with Crippen molar-refractivity contribution in [1.82, 2.24) is 4.98 Å². The van der Waals surface area contributed by atoms with Crippen LogP contribution in [0.5, 0.6) is 11.5 Å². The third-order valence-electron chi connectivity index (χ3n) is 2.87. The van der Waals surface area contributed by atoms with Crippen LogP contribution in [-0.2, 0) is 6.54 Å². The van der Waals surface area contributed by atoms with Gasteiger partial charge in [0.25, 0.3) is 0 Å². The van der Waals surface area contributed by atoms with E-state index in [2.05, 4.69) is 15.0 Å². The van der Waals surface area contributed by atoms with E-state index in [0.29, 0.717) is 17.9 Å². The van der Waals surface area contributed by atoms with E-state index >= 15 is 0 Å². The minimum absolute atomic E-state index is 0.0271. The van der Waals surface area contributed by atoms with Crippen LogP contribution in [-0.4, -0.2) is 23.6 Å². The van der Waals surface area contributed by atoms with Gasteiger partial charge in [-0.2, -0.15) is 8.78 Å². The molecule has 0 unspecified atom stereocenters. The maximum Gasteiger partial charge on any atom is 0.387 e. The molecule has 0 aliphatic heterocycles. The second-order valence-corrected chi connectivity index (χ2v) is 4.36. The first-order valence-electron chi connectivity index (χ1n) is 6.45. The number of nitrogens with zero attached hydrogens (tertiary/aromatic N) is 2. The molecule has 7 nitrogen and oxygen atoms in total. The van der Waals surface area contributed by atoms with Gasteiger partial charge in [0, 0.05) is 17.8 Å². The number of nitro benzene ring substituents is 1. The molecular formula is C14H13F2N3O4. The van der Waals surface area contributed by atoms with Crippen molar-refractivity contribution in [3.8, 4) is 11.5 Å². The van der Waals surface area contributed by atoms with Gasteiger partial charge in [-0.1, -0.05) is 0 Å². The van der Waals surface area contributed by atoms with Crippen molar-refractivity contribution in [1.29, 1.82) is 0 Å². The van der Waals surface area contributed by atoms with Gasteiger partial charge in [-0.05, 0) is 18.2 Å². The highest BCUT2D eigenvalue weighted by atomic mass is 19.3. The molecule has 1 aromatic heterocycles. The molecule has 23 heavy (non-hydrogen) atoms. The second kappa shape index (κ2) is 7.34. The number of nitro groups is 1. The molecule has 2 aromatic rings. The van der Waals surface area contributed by atoms with Gasteiger partial charge in [-0.25, -0.2) is 0 Å². The normalized spacial score (nSPS) is 10.4. The first-order valence-corrected chi connectivity index (χ1v) is 6.45. The van der Waals surface area contributed by atoms with Crippen molar-refractivity contribution in [2.24, 2.45) is 0 Å². The van der Waals surface area contributed by atoms with E-state index < -0.39 is 11.5 Å². The van der Waals surface area contributed by atoms with Crippen LogP contribution in [0.3, 0.4) is 0 Å². The molecule has 0 radical (unpaired) electrons. The zero-order valence-electron chi connectivity index (χ0n) is 12.0. The topological polar surface area (TPSA) is 86.5 Å². The Morgan fingerprint density at radius 2 is 2.13 bits per heavy atom. The summed E-state index contributed by atoms with van der Waals surface area (Å²) in [6.07, 6.45) is 1.19. The van der Waals surface area contributed by atoms with Gasteiger partial charge < -0.3 is 14.8 Å². The summed E-state index contributed by atoms with van der Waals surface area (Å²) in [6.45, 7) is -2.59. The number of anilines is 1. The van der Waals surface area contributed by atoms with Crippen molar-refractivity contribution in [3.63, 3.8) is 0 Å². The molecule has 122 valence electrons. The number of rotatable bonds is 7. The molecule has 0 saturated carbocycles. The number of hydrogen-bond acceptors (Lipinski definition) is 6. The van der Waals surface area contributed by atoms with E-state index in [9.17, 15) is 18.9 Å². The maximum absolute atomic E-state index is 12.0. The smallest absolute Gasteiger partial charge is 0.387 e. The van der Waals surface area contributed by atoms with Crippen molar-refractivity contribution < 1.29 is 23.2 Å². The first kappa shape index (κ1) is 16.4. The third-order valence-corrected chi connectivity index (χ3v) is 2.87. The zero-order valence-corrected chi connectivity index (χ0v) is 12.0. The predicted octanol–water partition coefficient (Wildman–Crippen LogP) is 3.21. The lowest BCUT2D eigenvalue weighted by molar-refractivity contribution is -0.385. The van der Waals surface area contributed by atoms with Gasteiger partial charge in [-0.15, -0.1) is 0 Å². The van der Waals surface area contributed by atoms with Crippen LogP contribution in [0.25, 0.3) is 0 Å². The van der Waals surface area contributed by atoms with E-state index in [1.165, 1.54) is 43.6 Å². The van der Waals surface area contributed by atoms with Crippen LogP contribution < -0.4 is 14.8 Å². The lowest BCUT2D eigenvalue weighted by atomic mass is 10.2. The number of hydrogen-bond donors (Lipinski definition) is 1. The number of ether oxygens (including phenoxy) is 2. The van der Waals surface area contributed by atoms with Crippen molar-refractivity contribution in [3.05, 3.63) is 52.3 Å². The Hall–Kier alpha value is -2.97. The average molecular weight is 325 g/mol. The number of alkyl halides is 2. The monoisotopic (exact) mass is 325 g/mol. The van der Waals surface area contributed by atoms with Crippen LogP contribution in [0.1, 0.15) is 5.69 Å². The van der Waals surface area contributed by atoms with E-state index in [0.717, 1.165) is 0 Å². The van der Waals surface area contributed by atoms with Crippen LogP contribution in [0.4, 0.5) is 20.2 Å². The highest BCUT2D eigenvalue weighted by molar-refractivity contribution is 5.58. The predicted molar refractivity (Wildman–Crippen MR) is 77.8 cm³/mol. The molecule has 0 spiro atoms. The Morgan fingerprint density at radius 3 is 2.70 bits per heavy atom. The lowest BCUT2D eigenvalue weighted by Gasteiger charge is -2.09. The van der Waals surface area contributed by atoms with Gasteiger partial charge in [0.05, 0.1) is 30.5 Å². The summed E-state index contributed by atoms with van der Waals surface area (Å²) in [5, 5.41) is 13.8. The molecule has 1 N–H and O–H groups in total. The molecule has 0 atom stereocenters. The van der Waals surface area contributed by atoms with Gasteiger partial charge >= 0.3 is 12.3 Å². The van der Waals surface area contributed by atoms with Crippen LogP contribution in [0, 0.1) is 10.1 Å². The second-order valence-electron chi connectivity index (χ2n) is 4.36. The number of methoxy groups -OCH3 is 1. The van der Waals surface area contributed by atoms with Crippen LogP contribution in [0.15, 0.2) is 36.5 Å². The third kappa shape index (κ3) is 4.50. The average Bonchev–Trinajstić information content (AvgIpc) is 2.53. The Labute approximate surface area is 130 Å². The molecule has 0 fully saturated rings. The summed E-state index contributed by atoms with van der Waals surface area (Å²) in [4.78, 5) is 14.2. The zero-order chi connectivity index (χ0) is 16.8. The SMILES string of the molecule is COc1cc(NCc2ccc(OC(F)F)cn2)ccc1[N+](=O)[O-]. The minimum Gasteiger partial charge on any atom is -0.490 e. The van der Waals surface area contributed by atoms with Crippen LogP contribution in [0.2, 0.25) is 0 Å². The molecule has 2 rings (SSSR count). The highest BCUT2D eigenvalue weighted by Gasteiger charge is 2.14. The lowest BCUT2D eigenvalue weighted by Crippen LogP contribution is -2.05. The van der Waals surface area contributed by atoms with Crippen molar-refractivity contribution in [2.75, 3.05) is 12.4 Å². The highest BCUT2D eigenvalue weighted by Crippen LogP contribution is 2.29. The molecule has 0 aliphatic rings. The molecule has 9 heteroatoms. The number of aromatic nitrogens is 1. The summed E-state index contributed by atoms with van der Waals surface area (Å²) in [5.74, 6) is 0.106. The number of benzene rings is 1. The van der Waals surface area contributed by atoms with E-state index in [1.807, 2.05) is 0 Å². The van der Waals surface area contributed by atoms with E-state index in [1.54, 1.807) is 0 Å². The van der Waals surface area contributed by atoms with E-state index in [-0.39, 0.29) is 17.2 Å². The van der Waals surface area contributed by atoms with Crippen molar-refractivity contribution in [2.45, 2.75) is 13.2 Å². The number of nitrogens with one attached hydrogen (secondary N) is 1. The fourth-order valence-electron chi connectivity index (χ4n) is 1.82. The molecule has 0 bridgehead atoms. The minimum atomic E-state index is -2.90. The Kier molecular flexibility index (Phi) is 5.23. The molecular weight excluding hydrogens is 312 g/mol. The van der Waals surface area contributed by atoms with Gasteiger partial charge in [-0.3, -0.25) is 15.1 Å². The summed E-state index contributed by atoms with van der Waals surface area (Å²) < 4.78 is 33.2. The van der Waals surface area contributed by atoms with Crippen LogP contribution >= 0.6 is 0 Å². The molecule has 0 aliphatic carbocycles. The fraction of sp³-hybridized carbons (Fsp3) is 0.214. The Morgan fingerprint density at radius 1 is 1.35 bits per heavy atom. The van der Waals surface area contributed by atoms with Gasteiger partial charge in [0.2, 0.25) is 0 Å². The molecule has 0 amide bonds. The fourth-order valence-corrected chi connectivity index (χ4v) is 1.82. The number of halogens is 2. The standard InChI is InChI=1S/C14H13F2N3O4/c1-22-13-6-9(3-5-12(13)19(20)21)17-7-10-2-4-11(8-18-10)23-14(15)16/h2-6,8,14,17H,7H2,1H3. The summed E-state index contributed by atoms with van der Waals surface area (Å²) >= 11 is 0. The summed E-state index contributed by atoms with van der Waals surface area (Å²) in [5.41, 5.74) is 1.05.